The third-order valence-corrected chi connectivity index (χ3v) is 6.74. The van der Waals surface area contributed by atoms with E-state index in [4.69, 9.17) is 0 Å². The number of hydrogen-bond acceptors (Lipinski definition) is 3. The molecule has 4 bridgehead atoms. The largest absolute Gasteiger partial charge is 0.324 e. The fourth-order valence-electron chi connectivity index (χ4n) is 5.77. The summed E-state index contributed by atoms with van der Waals surface area (Å²) in [5.41, 5.74) is 0.582. The molecule has 0 aromatic carbocycles. The van der Waals surface area contributed by atoms with E-state index < -0.39 is 0 Å². The van der Waals surface area contributed by atoms with Gasteiger partial charge in [0.2, 0.25) is 11.8 Å². The van der Waals surface area contributed by atoms with Gasteiger partial charge in [0, 0.05) is 5.92 Å². The fourth-order valence-corrected chi connectivity index (χ4v) is 5.77. The van der Waals surface area contributed by atoms with Crippen LogP contribution in [-0.2, 0) is 9.59 Å². The van der Waals surface area contributed by atoms with Crippen molar-refractivity contribution in [1.29, 1.82) is 0 Å². The Bertz CT molecular complexity index is 673. The van der Waals surface area contributed by atoms with Crippen LogP contribution in [0.5, 0.6) is 0 Å². The van der Waals surface area contributed by atoms with Crippen LogP contribution >= 0.6 is 0 Å². The average molecular weight is 339 g/mol. The van der Waals surface area contributed by atoms with E-state index in [-0.39, 0.29) is 23.1 Å². The van der Waals surface area contributed by atoms with Gasteiger partial charge in [0.05, 0.1) is 17.3 Å². The number of anilines is 2. The van der Waals surface area contributed by atoms with Crippen LogP contribution in [0.4, 0.5) is 11.5 Å². The molecule has 5 heteroatoms. The third kappa shape index (κ3) is 2.83. The van der Waals surface area contributed by atoms with E-state index in [0.29, 0.717) is 5.82 Å². The standard InChI is InChI=1S/C20H25N3O2/c24-18(15-1-2-15)23-17-4-3-16(11-21-17)22-19(25)20-8-12-5-13(9-20)7-14(6-12)10-20/h3-4,11-15H,1-2,5-10H2,(H,22,25)(H,21,23,24). The summed E-state index contributed by atoms with van der Waals surface area (Å²) in [7, 11) is 0. The van der Waals surface area contributed by atoms with Gasteiger partial charge in [-0.2, -0.15) is 0 Å². The number of nitrogens with zero attached hydrogens (tertiary/aromatic N) is 1. The molecule has 2 amide bonds. The Labute approximate surface area is 148 Å². The number of rotatable bonds is 4. The van der Waals surface area contributed by atoms with E-state index in [9.17, 15) is 9.59 Å². The molecule has 132 valence electrons. The molecule has 5 nitrogen and oxygen atoms in total. The number of hydrogen-bond donors (Lipinski definition) is 2. The number of carbonyl (C=O) groups is 2. The van der Waals surface area contributed by atoms with Crippen molar-refractivity contribution in [1.82, 2.24) is 4.98 Å². The molecule has 6 rings (SSSR count). The molecule has 1 aromatic rings. The van der Waals surface area contributed by atoms with E-state index in [1.54, 1.807) is 12.3 Å². The topological polar surface area (TPSA) is 71.1 Å². The zero-order valence-electron chi connectivity index (χ0n) is 14.5. The number of nitrogens with one attached hydrogen (secondary N) is 2. The van der Waals surface area contributed by atoms with E-state index in [2.05, 4.69) is 15.6 Å². The molecule has 5 fully saturated rings. The van der Waals surface area contributed by atoms with Crippen LogP contribution in [0.3, 0.4) is 0 Å². The summed E-state index contributed by atoms with van der Waals surface area (Å²) in [6.07, 6.45) is 10.8. The fraction of sp³-hybridized carbons (Fsp3) is 0.650. The van der Waals surface area contributed by atoms with Gasteiger partial charge in [0.15, 0.2) is 0 Å². The Kier molecular flexibility index (Phi) is 3.41. The molecule has 0 atom stereocenters. The van der Waals surface area contributed by atoms with Crippen LogP contribution in [0.25, 0.3) is 0 Å². The lowest BCUT2D eigenvalue weighted by Crippen LogP contribution is -2.51. The summed E-state index contributed by atoms with van der Waals surface area (Å²) in [5.74, 6) is 3.24. The van der Waals surface area contributed by atoms with Crippen LogP contribution in [0, 0.1) is 29.1 Å². The van der Waals surface area contributed by atoms with E-state index >= 15 is 0 Å². The molecule has 2 N–H and O–H groups in total. The molecule has 0 unspecified atom stereocenters. The zero-order chi connectivity index (χ0) is 17.0. The molecular formula is C20H25N3O2. The smallest absolute Gasteiger partial charge is 0.230 e. The highest BCUT2D eigenvalue weighted by Gasteiger charge is 2.54. The normalized spacial score (nSPS) is 35.4. The molecule has 5 aliphatic carbocycles. The average Bonchev–Trinajstić information content (AvgIpc) is 3.40. The number of pyridine rings is 1. The lowest BCUT2D eigenvalue weighted by atomic mass is 9.49. The molecule has 0 spiro atoms. The minimum atomic E-state index is -0.145. The Balaban J connectivity index is 1.25. The quantitative estimate of drug-likeness (QED) is 0.881. The first kappa shape index (κ1) is 15.4. The predicted molar refractivity (Wildman–Crippen MR) is 94.8 cm³/mol. The Morgan fingerprint density at radius 1 is 0.960 bits per heavy atom. The van der Waals surface area contributed by atoms with Crippen molar-refractivity contribution in [3.63, 3.8) is 0 Å². The summed E-state index contributed by atoms with van der Waals surface area (Å²) in [6, 6.07) is 3.61. The number of aromatic nitrogens is 1. The van der Waals surface area contributed by atoms with Gasteiger partial charge < -0.3 is 10.6 Å². The van der Waals surface area contributed by atoms with E-state index in [0.717, 1.165) is 55.5 Å². The van der Waals surface area contributed by atoms with Crippen molar-refractivity contribution in [2.45, 2.75) is 51.4 Å². The molecule has 25 heavy (non-hydrogen) atoms. The van der Waals surface area contributed by atoms with Gasteiger partial charge in [-0.3, -0.25) is 9.59 Å². The summed E-state index contributed by atoms with van der Waals surface area (Å²) < 4.78 is 0. The van der Waals surface area contributed by atoms with Crippen LogP contribution in [0.1, 0.15) is 51.4 Å². The first-order valence-electron chi connectivity index (χ1n) is 9.68. The maximum atomic E-state index is 13.0. The predicted octanol–water partition coefficient (Wildman–Crippen LogP) is 3.59. The van der Waals surface area contributed by atoms with Crippen LogP contribution < -0.4 is 10.6 Å². The minimum absolute atomic E-state index is 0.0536. The summed E-state index contributed by atoms with van der Waals surface area (Å²) in [6.45, 7) is 0. The monoisotopic (exact) mass is 339 g/mol. The van der Waals surface area contributed by atoms with Crippen molar-refractivity contribution >= 4 is 23.3 Å². The van der Waals surface area contributed by atoms with Gasteiger partial charge in [-0.1, -0.05) is 0 Å². The van der Waals surface area contributed by atoms with Crippen molar-refractivity contribution in [2.75, 3.05) is 10.6 Å². The third-order valence-electron chi connectivity index (χ3n) is 6.74. The van der Waals surface area contributed by atoms with Crippen molar-refractivity contribution in [3.05, 3.63) is 18.3 Å². The minimum Gasteiger partial charge on any atom is -0.324 e. The first-order valence-corrected chi connectivity index (χ1v) is 9.68. The van der Waals surface area contributed by atoms with Gasteiger partial charge in [-0.25, -0.2) is 4.98 Å². The Hall–Kier alpha value is -1.91. The number of amides is 2. The van der Waals surface area contributed by atoms with E-state index in [1.165, 1.54) is 19.3 Å². The molecule has 0 saturated heterocycles. The van der Waals surface area contributed by atoms with E-state index in [1.807, 2.05) is 6.07 Å². The second kappa shape index (κ2) is 5.55. The van der Waals surface area contributed by atoms with Crippen molar-refractivity contribution < 1.29 is 9.59 Å². The number of carbonyl (C=O) groups excluding carboxylic acids is 2. The second-order valence-corrected chi connectivity index (χ2v) is 8.85. The van der Waals surface area contributed by atoms with Crippen LogP contribution in [0.15, 0.2) is 18.3 Å². The maximum Gasteiger partial charge on any atom is 0.230 e. The Morgan fingerprint density at radius 3 is 2.12 bits per heavy atom. The van der Waals surface area contributed by atoms with Gasteiger partial charge >= 0.3 is 0 Å². The van der Waals surface area contributed by atoms with Crippen LogP contribution in [0.2, 0.25) is 0 Å². The highest BCUT2D eigenvalue weighted by Crippen LogP contribution is 2.60. The van der Waals surface area contributed by atoms with Crippen molar-refractivity contribution in [2.24, 2.45) is 29.1 Å². The molecule has 5 saturated carbocycles. The molecule has 5 aliphatic rings. The summed E-state index contributed by atoms with van der Waals surface area (Å²) in [5, 5.41) is 5.93. The van der Waals surface area contributed by atoms with Gasteiger partial charge in [-0.05, 0) is 81.3 Å². The second-order valence-electron chi connectivity index (χ2n) is 8.85. The maximum absolute atomic E-state index is 13.0. The zero-order valence-corrected chi connectivity index (χ0v) is 14.5. The molecule has 0 radical (unpaired) electrons. The summed E-state index contributed by atoms with van der Waals surface area (Å²) in [4.78, 5) is 29.1. The molecule has 0 aliphatic heterocycles. The van der Waals surface area contributed by atoms with Gasteiger partial charge in [-0.15, -0.1) is 0 Å². The lowest BCUT2D eigenvalue weighted by molar-refractivity contribution is -0.140. The van der Waals surface area contributed by atoms with Crippen molar-refractivity contribution in [3.8, 4) is 0 Å². The van der Waals surface area contributed by atoms with Gasteiger partial charge in [0.25, 0.3) is 0 Å². The van der Waals surface area contributed by atoms with Gasteiger partial charge in [0.1, 0.15) is 5.82 Å². The molecular weight excluding hydrogens is 314 g/mol. The lowest BCUT2D eigenvalue weighted by Gasteiger charge is -2.55. The van der Waals surface area contributed by atoms with Crippen LogP contribution in [-0.4, -0.2) is 16.8 Å². The SMILES string of the molecule is O=C(Nc1ccc(NC(=O)C23CC4CC(CC(C4)C2)C3)cn1)C1CC1. The molecule has 1 aromatic heterocycles. The first-order chi connectivity index (χ1) is 12.1. The Morgan fingerprint density at radius 2 is 1.60 bits per heavy atom. The molecule has 1 heterocycles. The summed E-state index contributed by atoms with van der Waals surface area (Å²) >= 11 is 0. The highest BCUT2D eigenvalue weighted by molar-refractivity contribution is 5.96. The highest BCUT2D eigenvalue weighted by atomic mass is 16.2.